The number of esters is 1. The second-order valence-electron chi connectivity index (χ2n) is 5.29. The maximum atomic E-state index is 11.2. The molecule has 0 aliphatic carbocycles. The van der Waals surface area contributed by atoms with Gasteiger partial charge in [0, 0.05) is 17.9 Å². The lowest BCUT2D eigenvalue weighted by Crippen LogP contribution is -2.08. The Hall–Kier alpha value is -1.95. The van der Waals surface area contributed by atoms with Crippen LogP contribution >= 0.6 is 0 Å². The number of benzene rings is 1. The van der Waals surface area contributed by atoms with Crippen molar-refractivity contribution in [3.8, 4) is 17.6 Å². The number of carbonyl (C=O) groups is 1. The molecule has 1 atom stereocenters. The first-order chi connectivity index (χ1) is 8.81. The largest absolute Gasteiger partial charge is 0.497 e. The molecule has 0 fully saturated rings. The van der Waals surface area contributed by atoms with Crippen LogP contribution in [0, 0.1) is 17.3 Å². The van der Waals surface area contributed by atoms with E-state index in [2.05, 4.69) is 11.8 Å². The lowest BCUT2D eigenvalue weighted by Gasteiger charge is -2.14. The Morgan fingerprint density at radius 2 is 2.00 bits per heavy atom. The number of hydrogen-bond acceptors (Lipinski definition) is 3. The number of carbonyl (C=O) groups excluding carboxylic acids is 1. The molecule has 0 unspecified atom stereocenters. The van der Waals surface area contributed by atoms with Gasteiger partial charge in [-0.3, -0.25) is 4.79 Å². The predicted molar refractivity (Wildman–Crippen MR) is 74.7 cm³/mol. The van der Waals surface area contributed by atoms with Crippen molar-refractivity contribution in [3.63, 3.8) is 0 Å². The molecule has 0 aliphatic rings. The molecule has 0 amide bonds. The van der Waals surface area contributed by atoms with Crippen LogP contribution in [0.2, 0.25) is 0 Å². The molecular weight excluding hydrogens is 240 g/mol. The first kappa shape index (κ1) is 15.1. The standard InChI is InChI=1S/C16H20O3/c1-12(17)19-15(9-10-16(2,3)4)13-7-6-8-14(11-13)18-5/h6-8,11,15H,1-5H3/t15-/m0/s1. The van der Waals surface area contributed by atoms with E-state index in [-0.39, 0.29) is 11.4 Å². The third-order valence-corrected chi connectivity index (χ3v) is 2.26. The minimum absolute atomic E-state index is 0.142. The Morgan fingerprint density at radius 3 is 2.53 bits per heavy atom. The summed E-state index contributed by atoms with van der Waals surface area (Å²) in [6.45, 7) is 7.41. The zero-order valence-electron chi connectivity index (χ0n) is 12.1. The molecular formula is C16H20O3. The topological polar surface area (TPSA) is 35.5 Å². The van der Waals surface area contributed by atoms with E-state index in [1.165, 1.54) is 6.92 Å². The van der Waals surface area contributed by atoms with E-state index >= 15 is 0 Å². The second kappa shape index (κ2) is 6.29. The Bertz CT molecular complexity index is 501. The van der Waals surface area contributed by atoms with Gasteiger partial charge in [0.25, 0.3) is 0 Å². The third-order valence-electron chi connectivity index (χ3n) is 2.26. The van der Waals surface area contributed by atoms with E-state index in [0.29, 0.717) is 5.75 Å². The van der Waals surface area contributed by atoms with Gasteiger partial charge in [0.05, 0.1) is 7.11 Å². The average molecular weight is 260 g/mol. The van der Waals surface area contributed by atoms with Gasteiger partial charge < -0.3 is 9.47 Å². The number of methoxy groups -OCH3 is 1. The lowest BCUT2D eigenvalue weighted by atomic mass is 9.97. The monoisotopic (exact) mass is 260 g/mol. The molecule has 1 aromatic rings. The number of hydrogen-bond donors (Lipinski definition) is 0. The Balaban J connectivity index is 3.07. The Morgan fingerprint density at radius 1 is 1.32 bits per heavy atom. The molecule has 0 aliphatic heterocycles. The highest BCUT2D eigenvalue weighted by Crippen LogP contribution is 2.22. The molecule has 0 spiro atoms. The first-order valence-corrected chi connectivity index (χ1v) is 6.16. The molecule has 0 saturated carbocycles. The summed E-state index contributed by atoms with van der Waals surface area (Å²) < 4.78 is 10.4. The van der Waals surface area contributed by atoms with Gasteiger partial charge in [-0.1, -0.05) is 24.0 Å². The fourth-order valence-electron chi connectivity index (χ4n) is 1.43. The van der Waals surface area contributed by atoms with Crippen LogP contribution in [0.3, 0.4) is 0 Å². The van der Waals surface area contributed by atoms with E-state index < -0.39 is 6.10 Å². The minimum atomic E-state index is -0.563. The Kier molecular flexibility index (Phi) is 5.00. The van der Waals surface area contributed by atoms with Crippen molar-refractivity contribution >= 4 is 5.97 Å². The van der Waals surface area contributed by atoms with Gasteiger partial charge in [0.2, 0.25) is 0 Å². The lowest BCUT2D eigenvalue weighted by molar-refractivity contribution is -0.144. The summed E-state index contributed by atoms with van der Waals surface area (Å²) in [6, 6.07) is 7.38. The van der Waals surface area contributed by atoms with Crippen molar-refractivity contribution in [2.75, 3.05) is 7.11 Å². The van der Waals surface area contributed by atoms with Crippen LogP contribution in [0.5, 0.6) is 5.75 Å². The van der Waals surface area contributed by atoms with E-state index in [4.69, 9.17) is 9.47 Å². The fraction of sp³-hybridized carbons (Fsp3) is 0.438. The van der Waals surface area contributed by atoms with Crippen molar-refractivity contribution in [1.29, 1.82) is 0 Å². The summed E-state index contributed by atoms with van der Waals surface area (Å²) in [7, 11) is 1.60. The molecule has 0 saturated heterocycles. The third kappa shape index (κ3) is 5.48. The summed E-state index contributed by atoms with van der Waals surface area (Å²) >= 11 is 0. The van der Waals surface area contributed by atoms with Crippen LogP contribution in [0.15, 0.2) is 24.3 Å². The summed E-state index contributed by atoms with van der Waals surface area (Å²) in [6.07, 6.45) is -0.563. The predicted octanol–water partition coefficient (Wildman–Crippen LogP) is 3.35. The highest BCUT2D eigenvalue weighted by molar-refractivity contribution is 5.66. The van der Waals surface area contributed by atoms with Gasteiger partial charge in [-0.2, -0.15) is 0 Å². The van der Waals surface area contributed by atoms with Crippen molar-refractivity contribution in [1.82, 2.24) is 0 Å². The molecule has 1 rings (SSSR count). The van der Waals surface area contributed by atoms with E-state index in [0.717, 1.165) is 5.56 Å². The molecule has 3 heteroatoms. The highest BCUT2D eigenvalue weighted by atomic mass is 16.5. The summed E-state index contributed by atoms with van der Waals surface area (Å²) in [4.78, 5) is 11.2. The normalized spacial score (nSPS) is 12.1. The summed E-state index contributed by atoms with van der Waals surface area (Å²) in [5, 5.41) is 0. The highest BCUT2D eigenvalue weighted by Gasteiger charge is 2.14. The summed E-state index contributed by atoms with van der Waals surface area (Å²) in [5.41, 5.74) is 0.670. The van der Waals surface area contributed by atoms with E-state index in [9.17, 15) is 4.79 Å². The SMILES string of the molecule is COc1cccc([C@H](C#CC(C)(C)C)OC(C)=O)c1. The van der Waals surface area contributed by atoms with Crippen LogP contribution in [0.1, 0.15) is 39.4 Å². The van der Waals surface area contributed by atoms with Crippen LogP contribution in [-0.2, 0) is 9.53 Å². The van der Waals surface area contributed by atoms with Gasteiger partial charge in [-0.15, -0.1) is 0 Å². The first-order valence-electron chi connectivity index (χ1n) is 6.16. The van der Waals surface area contributed by atoms with Crippen molar-refractivity contribution in [2.24, 2.45) is 5.41 Å². The zero-order chi connectivity index (χ0) is 14.5. The quantitative estimate of drug-likeness (QED) is 0.617. The van der Waals surface area contributed by atoms with Crippen molar-refractivity contribution < 1.29 is 14.3 Å². The maximum absolute atomic E-state index is 11.2. The van der Waals surface area contributed by atoms with Gasteiger partial charge in [-0.25, -0.2) is 0 Å². The fourth-order valence-corrected chi connectivity index (χ4v) is 1.43. The van der Waals surface area contributed by atoms with Crippen molar-refractivity contribution in [2.45, 2.75) is 33.8 Å². The van der Waals surface area contributed by atoms with Gasteiger partial charge in [0.15, 0.2) is 6.10 Å². The minimum Gasteiger partial charge on any atom is -0.497 e. The molecule has 0 radical (unpaired) electrons. The molecule has 102 valence electrons. The molecule has 0 N–H and O–H groups in total. The van der Waals surface area contributed by atoms with Gasteiger partial charge in [0.1, 0.15) is 5.75 Å². The molecule has 19 heavy (non-hydrogen) atoms. The molecule has 1 aromatic carbocycles. The number of ether oxygens (including phenoxy) is 2. The molecule has 3 nitrogen and oxygen atoms in total. The van der Waals surface area contributed by atoms with Crippen molar-refractivity contribution in [3.05, 3.63) is 29.8 Å². The van der Waals surface area contributed by atoms with Crippen LogP contribution in [-0.4, -0.2) is 13.1 Å². The summed E-state index contributed by atoms with van der Waals surface area (Å²) in [5.74, 6) is 6.47. The second-order valence-corrected chi connectivity index (χ2v) is 5.29. The van der Waals surface area contributed by atoms with Gasteiger partial charge in [-0.05, 0) is 32.9 Å². The maximum Gasteiger partial charge on any atom is 0.304 e. The molecule has 0 bridgehead atoms. The average Bonchev–Trinajstić information content (AvgIpc) is 2.33. The number of rotatable bonds is 3. The molecule has 0 aromatic heterocycles. The Labute approximate surface area is 114 Å². The van der Waals surface area contributed by atoms with Crippen LogP contribution in [0.4, 0.5) is 0 Å². The molecule has 0 heterocycles. The zero-order valence-corrected chi connectivity index (χ0v) is 12.1. The van der Waals surface area contributed by atoms with E-state index in [1.54, 1.807) is 7.11 Å². The smallest absolute Gasteiger partial charge is 0.304 e. The van der Waals surface area contributed by atoms with Crippen LogP contribution < -0.4 is 4.74 Å². The van der Waals surface area contributed by atoms with Gasteiger partial charge >= 0.3 is 5.97 Å². The van der Waals surface area contributed by atoms with Crippen LogP contribution in [0.25, 0.3) is 0 Å². The van der Waals surface area contributed by atoms with E-state index in [1.807, 2.05) is 45.0 Å².